The van der Waals surface area contributed by atoms with Crippen molar-refractivity contribution in [1.82, 2.24) is 0 Å². The highest BCUT2D eigenvalue weighted by molar-refractivity contribution is 5.98. The summed E-state index contributed by atoms with van der Waals surface area (Å²) in [7, 11) is 0. The lowest BCUT2D eigenvalue weighted by atomic mass is 10.1. The maximum absolute atomic E-state index is 10.6. The molecule has 0 spiro atoms. The number of unbranched alkanes of at least 4 members (excludes halogenated alkanes) is 6. The summed E-state index contributed by atoms with van der Waals surface area (Å²) in [6.45, 7) is 6.29. The first-order valence-electron chi connectivity index (χ1n) is 12.9. The number of carboxylic acid groups (broad SMARTS) is 3. The van der Waals surface area contributed by atoms with Gasteiger partial charge in [-0.05, 0) is 37.5 Å². The van der Waals surface area contributed by atoms with Gasteiger partial charge in [-0.15, -0.1) is 0 Å². The molecular weight excluding hydrogens is 510 g/mol. The predicted octanol–water partition coefficient (Wildman–Crippen LogP) is 3.94. The number of rotatable bonds is 15. The fourth-order valence-corrected chi connectivity index (χ4v) is 2.65. The Morgan fingerprint density at radius 3 is 0.821 bits per heavy atom. The monoisotopic (exact) mass is 555 g/mol. The lowest BCUT2D eigenvalue weighted by Gasteiger charge is -2.00. The third kappa shape index (κ3) is 28.5. The van der Waals surface area contributed by atoms with Crippen LogP contribution < -0.4 is 17.2 Å². The average Bonchev–Trinajstić information content (AvgIpc) is 2.85. The summed E-state index contributed by atoms with van der Waals surface area (Å²) < 4.78 is 0. The highest BCUT2D eigenvalue weighted by atomic mass is 16.4. The van der Waals surface area contributed by atoms with Crippen LogP contribution >= 0.6 is 0 Å². The number of nitrogens with two attached hydrogens (primary N) is 3. The maximum atomic E-state index is 10.6. The van der Waals surface area contributed by atoms with Crippen LogP contribution in [0.2, 0.25) is 0 Å². The molecule has 12 nitrogen and oxygen atoms in total. The second kappa shape index (κ2) is 25.7. The molecule has 3 amide bonds. The first-order chi connectivity index (χ1) is 18.2. The van der Waals surface area contributed by atoms with Crippen LogP contribution in [0.3, 0.4) is 0 Å². The molecule has 0 atom stereocenters. The summed E-state index contributed by atoms with van der Waals surface area (Å²) in [4.78, 5) is 62.0. The molecule has 1 rings (SSSR count). The zero-order chi connectivity index (χ0) is 30.8. The van der Waals surface area contributed by atoms with Crippen LogP contribution in [0.5, 0.6) is 0 Å². The number of carbonyl (C=O) groups excluding carboxylic acids is 3. The van der Waals surface area contributed by atoms with E-state index in [-0.39, 0.29) is 34.4 Å². The van der Waals surface area contributed by atoms with Crippen molar-refractivity contribution in [2.24, 2.45) is 17.2 Å². The molecule has 12 heteroatoms. The molecule has 0 heterocycles. The Bertz CT molecular complexity index is 776. The molecule has 0 unspecified atom stereocenters. The lowest BCUT2D eigenvalue weighted by molar-refractivity contribution is -0.119. The quantitative estimate of drug-likeness (QED) is 0.171. The second-order valence-electron chi connectivity index (χ2n) is 8.48. The van der Waals surface area contributed by atoms with Gasteiger partial charge in [0.15, 0.2) is 0 Å². The van der Waals surface area contributed by atoms with Gasteiger partial charge in [0.1, 0.15) is 0 Å². The average molecular weight is 556 g/mol. The summed E-state index contributed by atoms with van der Waals surface area (Å²) in [5.41, 5.74) is 13.6. The van der Waals surface area contributed by atoms with Crippen LogP contribution in [0.15, 0.2) is 18.2 Å². The number of hydrogen-bond donors (Lipinski definition) is 6. The van der Waals surface area contributed by atoms with Crippen molar-refractivity contribution < 1.29 is 44.1 Å². The topological polar surface area (TPSA) is 241 Å². The molecule has 0 saturated heterocycles. The van der Waals surface area contributed by atoms with Crippen molar-refractivity contribution in [3.63, 3.8) is 0 Å². The Kier molecular flexibility index (Phi) is 26.0. The van der Waals surface area contributed by atoms with Crippen molar-refractivity contribution in [3.05, 3.63) is 34.9 Å². The summed E-state index contributed by atoms with van der Waals surface area (Å²) >= 11 is 0. The van der Waals surface area contributed by atoms with Gasteiger partial charge in [0, 0.05) is 19.3 Å². The largest absolute Gasteiger partial charge is 0.478 e. The zero-order valence-corrected chi connectivity index (χ0v) is 23.2. The second-order valence-corrected chi connectivity index (χ2v) is 8.48. The number of hydrogen-bond acceptors (Lipinski definition) is 6. The van der Waals surface area contributed by atoms with E-state index in [1.807, 2.05) is 0 Å². The Labute approximate surface area is 229 Å². The fourth-order valence-electron chi connectivity index (χ4n) is 2.65. The normalized spacial score (nSPS) is 9.31. The zero-order valence-electron chi connectivity index (χ0n) is 23.2. The van der Waals surface area contributed by atoms with Crippen LogP contribution in [-0.2, 0) is 14.4 Å². The molecule has 0 fully saturated rings. The number of aromatic carboxylic acids is 3. The van der Waals surface area contributed by atoms with Crippen LogP contribution in [0.4, 0.5) is 0 Å². The van der Waals surface area contributed by atoms with Crippen molar-refractivity contribution >= 4 is 35.6 Å². The smallest absolute Gasteiger partial charge is 0.335 e. The van der Waals surface area contributed by atoms with E-state index in [9.17, 15) is 28.8 Å². The third-order valence-electron chi connectivity index (χ3n) is 4.75. The number of carboxylic acids is 3. The minimum Gasteiger partial charge on any atom is -0.478 e. The molecule has 0 aromatic heterocycles. The summed E-state index contributed by atoms with van der Waals surface area (Å²) in [6, 6.07) is 2.70. The van der Waals surface area contributed by atoms with E-state index in [1.165, 1.54) is 0 Å². The molecule has 1 aromatic rings. The van der Waals surface area contributed by atoms with Gasteiger partial charge >= 0.3 is 17.9 Å². The fraction of sp³-hybridized carbons (Fsp3) is 0.556. The molecule has 39 heavy (non-hydrogen) atoms. The molecule has 222 valence electrons. The summed E-state index contributed by atoms with van der Waals surface area (Å²) in [5, 5.41) is 25.8. The Morgan fingerprint density at radius 1 is 0.487 bits per heavy atom. The highest BCUT2D eigenvalue weighted by Crippen LogP contribution is 2.11. The van der Waals surface area contributed by atoms with Gasteiger partial charge in [-0.1, -0.05) is 59.3 Å². The molecule has 0 aliphatic heterocycles. The molecule has 0 saturated carbocycles. The Balaban J connectivity index is -0.000000469. The van der Waals surface area contributed by atoms with E-state index in [1.54, 1.807) is 0 Å². The first kappa shape index (κ1) is 39.6. The van der Waals surface area contributed by atoms with Gasteiger partial charge in [-0.25, -0.2) is 14.4 Å². The Morgan fingerprint density at radius 2 is 0.692 bits per heavy atom. The van der Waals surface area contributed by atoms with Gasteiger partial charge in [0.2, 0.25) is 17.7 Å². The van der Waals surface area contributed by atoms with E-state index in [4.69, 9.17) is 32.5 Å². The first-order valence-corrected chi connectivity index (χ1v) is 12.9. The minimum absolute atomic E-state index is 0.182. The molecule has 9 N–H and O–H groups in total. The number of carbonyl (C=O) groups is 6. The van der Waals surface area contributed by atoms with E-state index >= 15 is 0 Å². The van der Waals surface area contributed by atoms with Gasteiger partial charge in [-0.2, -0.15) is 0 Å². The van der Waals surface area contributed by atoms with Gasteiger partial charge in [0.05, 0.1) is 16.7 Å². The van der Waals surface area contributed by atoms with Gasteiger partial charge < -0.3 is 32.5 Å². The third-order valence-corrected chi connectivity index (χ3v) is 4.75. The number of amides is 3. The summed E-state index contributed by atoms with van der Waals surface area (Å²) in [6.07, 6.45) is 11.3. The van der Waals surface area contributed by atoms with Crippen molar-refractivity contribution in [2.75, 3.05) is 0 Å². The predicted molar refractivity (Wildman–Crippen MR) is 147 cm³/mol. The molecule has 0 bridgehead atoms. The minimum atomic E-state index is -1.37. The number of primary amides is 3. The van der Waals surface area contributed by atoms with E-state index < -0.39 is 17.9 Å². The lowest BCUT2D eigenvalue weighted by Crippen LogP contribution is -2.09. The van der Waals surface area contributed by atoms with Crippen LogP contribution in [0, 0.1) is 0 Å². The van der Waals surface area contributed by atoms with Crippen molar-refractivity contribution in [3.8, 4) is 0 Å². The van der Waals surface area contributed by atoms with Gasteiger partial charge in [0.25, 0.3) is 0 Å². The van der Waals surface area contributed by atoms with E-state index in [2.05, 4.69) is 20.8 Å². The van der Waals surface area contributed by atoms with E-state index in [0.29, 0.717) is 19.3 Å². The number of benzene rings is 1. The molecule has 1 aromatic carbocycles. The van der Waals surface area contributed by atoms with Crippen molar-refractivity contribution in [2.45, 2.75) is 97.8 Å². The maximum Gasteiger partial charge on any atom is 0.335 e. The van der Waals surface area contributed by atoms with Crippen LogP contribution in [0.25, 0.3) is 0 Å². The Hall–Kier alpha value is -3.96. The SMILES string of the molecule is CCCCCC(N)=O.CCCCCC(N)=O.CCCCCC(N)=O.O=C(O)c1cc(C(=O)O)cc(C(=O)O)c1. The molecule has 0 aliphatic carbocycles. The van der Waals surface area contributed by atoms with E-state index in [0.717, 1.165) is 76.0 Å². The molecular formula is C27H45N3O9. The van der Waals surface area contributed by atoms with Crippen molar-refractivity contribution in [1.29, 1.82) is 0 Å². The van der Waals surface area contributed by atoms with Crippen LogP contribution in [0.1, 0.15) is 129 Å². The highest BCUT2D eigenvalue weighted by Gasteiger charge is 2.14. The molecule has 0 aliphatic rings. The summed E-state index contributed by atoms with van der Waals surface area (Å²) in [5.74, 6) is -4.67. The standard InChI is InChI=1S/C9H6O6.3C6H13NO/c10-7(11)4-1-5(8(12)13)3-6(2-4)9(14)15;3*1-2-3-4-5-6(7)8/h1-3H,(H,10,11)(H,12,13)(H,14,15);3*2-5H2,1H3,(H2,7,8). The van der Waals surface area contributed by atoms with Crippen LogP contribution in [-0.4, -0.2) is 50.9 Å². The van der Waals surface area contributed by atoms with Gasteiger partial charge in [-0.3, -0.25) is 14.4 Å². The molecule has 0 radical (unpaired) electrons.